The lowest BCUT2D eigenvalue weighted by Crippen LogP contribution is -2.27. The molecule has 0 fully saturated rings. The van der Waals surface area contributed by atoms with Crippen molar-refractivity contribution in [2.24, 2.45) is 7.05 Å². The van der Waals surface area contributed by atoms with Crippen LogP contribution in [0, 0.1) is 5.82 Å². The summed E-state index contributed by atoms with van der Waals surface area (Å²) in [5.41, 5.74) is 2.14. The van der Waals surface area contributed by atoms with Gasteiger partial charge < -0.3 is 10.1 Å². The van der Waals surface area contributed by atoms with E-state index in [0.29, 0.717) is 47.6 Å². The van der Waals surface area contributed by atoms with Crippen molar-refractivity contribution in [1.82, 2.24) is 20.1 Å². The highest BCUT2D eigenvalue weighted by Gasteiger charge is 2.16. The van der Waals surface area contributed by atoms with Gasteiger partial charge in [-0.1, -0.05) is 12.1 Å². The fourth-order valence-electron chi connectivity index (χ4n) is 2.57. The number of aromatic nitrogens is 3. The number of fused-ring (bicyclic) bond motifs is 1. The molecule has 3 aromatic rings. The molecule has 2 heterocycles. The highest BCUT2D eigenvalue weighted by atomic mass is 19.1. The number of nitrogens with zero attached hydrogens (tertiary/aromatic N) is 3. The fraction of sp³-hybridized carbons (Fsp3) is 0.278. The third-order valence-corrected chi connectivity index (χ3v) is 3.81. The molecule has 0 atom stereocenters. The van der Waals surface area contributed by atoms with E-state index in [1.807, 2.05) is 6.92 Å². The molecule has 25 heavy (non-hydrogen) atoms. The second-order valence-electron chi connectivity index (χ2n) is 5.52. The molecule has 0 aliphatic carbocycles. The lowest BCUT2D eigenvalue weighted by molar-refractivity contribution is 0.0924. The maximum atomic E-state index is 13.5. The molecule has 2 aromatic heterocycles. The largest absolute Gasteiger partial charge is 0.380 e. The minimum Gasteiger partial charge on any atom is -0.380 e. The van der Waals surface area contributed by atoms with Gasteiger partial charge in [0.1, 0.15) is 5.82 Å². The van der Waals surface area contributed by atoms with Crippen LogP contribution in [0.2, 0.25) is 0 Å². The number of hydrogen-bond donors (Lipinski definition) is 1. The van der Waals surface area contributed by atoms with Crippen molar-refractivity contribution in [2.45, 2.75) is 6.92 Å². The molecule has 0 aliphatic rings. The molecule has 1 N–H and O–H groups in total. The quantitative estimate of drug-likeness (QED) is 0.699. The molecule has 130 valence electrons. The number of amides is 1. The highest BCUT2D eigenvalue weighted by molar-refractivity contribution is 6.06. The lowest BCUT2D eigenvalue weighted by Gasteiger charge is -2.09. The SMILES string of the molecule is CCOCCNC(=O)c1cc(-c2cccc(F)c2)nc2c1cnn2C. The van der Waals surface area contributed by atoms with E-state index < -0.39 is 0 Å². The summed E-state index contributed by atoms with van der Waals surface area (Å²) < 4.78 is 20.4. The first-order chi connectivity index (χ1) is 12.1. The van der Waals surface area contributed by atoms with Crippen LogP contribution in [-0.4, -0.2) is 40.4 Å². The third-order valence-electron chi connectivity index (χ3n) is 3.81. The zero-order valence-electron chi connectivity index (χ0n) is 14.1. The maximum Gasteiger partial charge on any atom is 0.252 e. The van der Waals surface area contributed by atoms with Gasteiger partial charge in [0.25, 0.3) is 5.91 Å². The Morgan fingerprint density at radius 2 is 2.20 bits per heavy atom. The summed E-state index contributed by atoms with van der Waals surface area (Å²) in [6, 6.07) is 7.79. The second-order valence-corrected chi connectivity index (χ2v) is 5.52. The van der Waals surface area contributed by atoms with Gasteiger partial charge in [-0.05, 0) is 25.1 Å². The van der Waals surface area contributed by atoms with Crippen LogP contribution in [0.4, 0.5) is 4.39 Å². The molecule has 6 nitrogen and oxygen atoms in total. The number of hydrogen-bond acceptors (Lipinski definition) is 4. The summed E-state index contributed by atoms with van der Waals surface area (Å²) in [6.07, 6.45) is 1.61. The van der Waals surface area contributed by atoms with Gasteiger partial charge in [-0.15, -0.1) is 0 Å². The number of aryl methyl sites for hydroxylation is 1. The Hall–Kier alpha value is -2.80. The van der Waals surface area contributed by atoms with Gasteiger partial charge in [0.2, 0.25) is 0 Å². The topological polar surface area (TPSA) is 69.0 Å². The van der Waals surface area contributed by atoms with E-state index in [1.165, 1.54) is 12.1 Å². The smallest absolute Gasteiger partial charge is 0.252 e. The Morgan fingerprint density at radius 1 is 1.36 bits per heavy atom. The summed E-state index contributed by atoms with van der Waals surface area (Å²) in [6.45, 7) is 3.35. The van der Waals surface area contributed by atoms with Gasteiger partial charge in [-0.25, -0.2) is 9.37 Å². The molecule has 0 saturated carbocycles. The fourth-order valence-corrected chi connectivity index (χ4v) is 2.57. The summed E-state index contributed by atoms with van der Waals surface area (Å²) in [5, 5.41) is 7.65. The minimum atomic E-state index is -0.355. The van der Waals surface area contributed by atoms with E-state index in [1.54, 1.807) is 36.1 Å². The normalized spacial score (nSPS) is 11.0. The first kappa shape index (κ1) is 17.0. The molecule has 1 aromatic carbocycles. The van der Waals surface area contributed by atoms with Gasteiger partial charge in [0.15, 0.2) is 5.65 Å². The Balaban J connectivity index is 2.00. The van der Waals surface area contributed by atoms with Crippen LogP contribution in [0.1, 0.15) is 17.3 Å². The number of carbonyl (C=O) groups excluding carboxylic acids is 1. The van der Waals surface area contributed by atoms with Crippen LogP contribution in [0.25, 0.3) is 22.3 Å². The molecule has 0 radical (unpaired) electrons. The van der Waals surface area contributed by atoms with E-state index in [-0.39, 0.29) is 11.7 Å². The molecule has 0 aliphatic heterocycles. The van der Waals surface area contributed by atoms with Crippen LogP contribution in [0.5, 0.6) is 0 Å². The zero-order valence-corrected chi connectivity index (χ0v) is 14.1. The first-order valence-electron chi connectivity index (χ1n) is 8.04. The zero-order chi connectivity index (χ0) is 17.8. The number of nitrogens with one attached hydrogen (secondary N) is 1. The van der Waals surface area contributed by atoms with Gasteiger partial charge >= 0.3 is 0 Å². The molecule has 3 rings (SSSR count). The van der Waals surface area contributed by atoms with Crippen molar-refractivity contribution in [3.63, 3.8) is 0 Å². The predicted molar refractivity (Wildman–Crippen MR) is 92.7 cm³/mol. The van der Waals surface area contributed by atoms with E-state index in [4.69, 9.17) is 4.74 Å². The van der Waals surface area contributed by atoms with E-state index in [0.717, 1.165) is 0 Å². The van der Waals surface area contributed by atoms with E-state index >= 15 is 0 Å². The number of rotatable bonds is 6. The molecule has 0 bridgehead atoms. The first-order valence-corrected chi connectivity index (χ1v) is 8.04. The van der Waals surface area contributed by atoms with Crippen LogP contribution in [0.3, 0.4) is 0 Å². The number of carbonyl (C=O) groups is 1. The summed E-state index contributed by atoms with van der Waals surface area (Å²) in [4.78, 5) is 17.1. The Morgan fingerprint density at radius 3 is 2.96 bits per heavy atom. The number of benzene rings is 1. The molecule has 1 amide bonds. The molecule has 0 spiro atoms. The van der Waals surface area contributed by atoms with Crippen molar-refractivity contribution < 1.29 is 13.9 Å². The Kier molecular flexibility index (Phi) is 5.04. The van der Waals surface area contributed by atoms with Gasteiger partial charge in [0, 0.05) is 25.8 Å². The molecule has 0 saturated heterocycles. The average molecular weight is 342 g/mol. The third kappa shape index (κ3) is 3.66. The van der Waals surface area contributed by atoms with Crippen molar-refractivity contribution in [1.29, 1.82) is 0 Å². The van der Waals surface area contributed by atoms with Crippen molar-refractivity contribution >= 4 is 16.9 Å². The Bertz CT molecular complexity index is 907. The van der Waals surface area contributed by atoms with E-state index in [2.05, 4.69) is 15.4 Å². The lowest BCUT2D eigenvalue weighted by atomic mass is 10.1. The molecular weight excluding hydrogens is 323 g/mol. The summed E-state index contributed by atoms with van der Waals surface area (Å²) >= 11 is 0. The predicted octanol–water partition coefficient (Wildman–Crippen LogP) is 2.54. The minimum absolute atomic E-state index is 0.238. The number of ether oxygens (including phenoxy) is 1. The van der Waals surface area contributed by atoms with Gasteiger partial charge in [0.05, 0.1) is 29.4 Å². The Labute approximate surface area is 144 Å². The van der Waals surface area contributed by atoms with Crippen LogP contribution in [0.15, 0.2) is 36.5 Å². The number of pyridine rings is 1. The summed E-state index contributed by atoms with van der Waals surface area (Å²) in [7, 11) is 1.75. The van der Waals surface area contributed by atoms with Crippen LogP contribution in [-0.2, 0) is 11.8 Å². The van der Waals surface area contributed by atoms with Gasteiger partial charge in [-0.2, -0.15) is 5.10 Å². The van der Waals surface area contributed by atoms with Gasteiger partial charge in [-0.3, -0.25) is 9.48 Å². The van der Waals surface area contributed by atoms with Crippen molar-refractivity contribution in [3.05, 3.63) is 47.9 Å². The number of halogens is 1. The van der Waals surface area contributed by atoms with Crippen molar-refractivity contribution in [3.8, 4) is 11.3 Å². The van der Waals surface area contributed by atoms with Crippen LogP contribution < -0.4 is 5.32 Å². The average Bonchev–Trinajstić information content (AvgIpc) is 2.99. The molecular formula is C18H19FN4O2. The standard InChI is InChI=1S/C18H19FN4O2/c1-3-25-8-7-20-18(24)14-10-16(12-5-4-6-13(19)9-12)22-17-15(14)11-21-23(17)2/h4-6,9-11H,3,7-8H2,1-2H3,(H,20,24). The maximum absolute atomic E-state index is 13.5. The van der Waals surface area contributed by atoms with Crippen molar-refractivity contribution in [2.75, 3.05) is 19.8 Å². The monoisotopic (exact) mass is 342 g/mol. The summed E-state index contributed by atoms with van der Waals surface area (Å²) in [5.74, 6) is -0.593. The highest BCUT2D eigenvalue weighted by Crippen LogP contribution is 2.25. The van der Waals surface area contributed by atoms with Crippen LogP contribution >= 0.6 is 0 Å². The molecule has 7 heteroatoms. The molecule has 0 unspecified atom stereocenters. The van der Waals surface area contributed by atoms with E-state index in [9.17, 15) is 9.18 Å². The second kappa shape index (κ2) is 7.40.